The highest BCUT2D eigenvalue weighted by molar-refractivity contribution is 6.31. The quantitative estimate of drug-likeness (QED) is 0.830. The van der Waals surface area contributed by atoms with Crippen LogP contribution in [0.25, 0.3) is 0 Å². The van der Waals surface area contributed by atoms with Crippen molar-refractivity contribution in [3.05, 3.63) is 59.1 Å². The first-order chi connectivity index (χ1) is 12.7. The van der Waals surface area contributed by atoms with Crippen molar-refractivity contribution in [3.63, 3.8) is 0 Å². The van der Waals surface area contributed by atoms with E-state index in [-0.39, 0.29) is 12.5 Å². The van der Waals surface area contributed by atoms with Gasteiger partial charge < -0.3 is 14.4 Å². The van der Waals surface area contributed by atoms with E-state index in [1.54, 1.807) is 0 Å². The maximum Gasteiger partial charge on any atom is 0.267 e. The smallest absolute Gasteiger partial charge is 0.267 e. The molecule has 1 amide bonds. The second-order valence-electron chi connectivity index (χ2n) is 6.56. The third-order valence-corrected chi connectivity index (χ3v) is 5.19. The van der Waals surface area contributed by atoms with Crippen LogP contribution in [0.15, 0.2) is 48.5 Å². The number of ether oxygens (including phenoxy) is 2. The van der Waals surface area contributed by atoms with Gasteiger partial charge in [-0.1, -0.05) is 41.9 Å². The van der Waals surface area contributed by atoms with Crippen LogP contribution in [-0.2, 0) is 11.3 Å². The molecule has 0 spiro atoms. The van der Waals surface area contributed by atoms with E-state index in [2.05, 4.69) is 4.90 Å². The van der Waals surface area contributed by atoms with Crippen LogP contribution in [-0.4, -0.2) is 54.6 Å². The molecule has 2 aromatic rings. The number of hydrogen-bond donors (Lipinski definition) is 0. The number of nitrogens with zero attached hydrogens (tertiary/aromatic N) is 2. The fourth-order valence-electron chi connectivity index (χ4n) is 3.34. The highest BCUT2D eigenvalue weighted by atomic mass is 35.5. The summed E-state index contributed by atoms with van der Waals surface area (Å²) in [6, 6.07) is 15.3. The van der Waals surface area contributed by atoms with Gasteiger partial charge in [0.25, 0.3) is 5.91 Å². The van der Waals surface area contributed by atoms with E-state index >= 15 is 0 Å². The van der Waals surface area contributed by atoms with Crippen LogP contribution < -0.4 is 9.47 Å². The number of rotatable bonds is 3. The van der Waals surface area contributed by atoms with Crippen molar-refractivity contribution in [2.75, 3.05) is 32.8 Å². The third kappa shape index (κ3) is 3.64. The Hall–Kier alpha value is -2.24. The summed E-state index contributed by atoms with van der Waals surface area (Å²) in [5.41, 5.74) is 1.12. The Labute approximate surface area is 158 Å². The SMILES string of the molecule is O=C([C@H]1COc2ccccc2O1)N1CCN(Cc2ccccc2Cl)CC1. The zero-order valence-electron chi connectivity index (χ0n) is 14.4. The summed E-state index contributed by atoms with van der Waals surface area (Å²) in [5, 5.41) is 0.789. The van der Waals surface area contributed by atoms with E-state index in [9.17, 15) is 4.79 Å². The Morgan fingerprint density at radius 1 is 1.00 bits per heavy atom. The Bertz CT molecular complexity index is 790. The van der Waals surface area contributed by atoms with Crippen molar-refractivity contribution >= 4 is 17.5 Å². The van der Waals surface area contributed by atoms with Gasteiger partial charge >= 0.3 is 0 Å². The van der Waals surface area contributed by atoms with Gasteiger partial charge in [-0.25, -0.2) is 0 Å². The Morgan fingerprint density at radius 2 is 1.69 bits per heavy atom. The number of para-hydroxylation sites is 2. The van der Waals surface area contributed by atoms with Crippen molar-refractivity contribution < 1.29 is 14.3 Å². The molecule has 2 heterocycles. The molecule has 5 nitrogen and oxygen atoms in total. The molecule has 2 aromatic carbocycles. The van der Waals surface area contributed by atoms with Gasteiger partial charge in [-0.2, -0.15) is 0 Å². The van der Waals surface area contributed by atoms with E-state index in [0.717, 1.165) is 30.2 Å². The topological polar surface area (TPSA) is 42.0 Å². The van der Waals surface area contributed by atoms with Crippen molar-refractivity contribution in [1.29, 1.82) is 0 Å². The van der Waals surface area contributed by atoms with Crippen molar-refractivity contribution in [1.82, 2.24) is 9.80 Å². The summed E-state index contributed by atoms with van der Waals surface area (Å²) < 4.78 is 11.5. The lowest BCUT2D eigenvalue weighted by atomic mass is 10.2. The number of amides is 1. The molecule has 2 aliphatic rings. The molecule has 0 unspecified atom stereocenters. The van der Waals surface area contributed by atoms with E-state index in [1.807, 2.05) is 53.4 Å². The first-order valence-corrected chi connectivity index (χ1v) is 9.21. The minimum atomic E-state index is -0.569. The summed E-state index contributed by atoms with van der Waals surface area (Å²) >= 11 is 6.24. The normalized spacial score (nSPS) is 20.0. The molecule has 1 fully saturated rings. The monoisotopic (exact) mass is 372 g/mol. The van der Waals surface area contributed by atoms with E-state index < -0.39 is 6.10 Å². The second kappa shape index (κ2) is 7.56. The maximum atomic E-state index is 12.8. The third-order valence-electron chi connectivity index (χ3n) is 4.82. The van der Waals surface area contributed by atoms with Gasteiger partial charge in [0.15, 0.2) is 11.5 Å². The maximum absolute atomic E-state index is 12.8. The summed E-state index contributed by atoms with van der Waals surface area (Å²) in [6.45, 7) is 4.08. The number of benzene rings is 2. The molecule has 26 heavy (non-hydrogen) atoms. The largest absolute Gasteiger partial charge is 0.485 e. The molecule has 0 radical (unpaired) electrons. The summed E-state index contributed by atoms with van der Waals surface area (Å²) in [6.07, 6.45) is -0.569. The van der Waals surface area contributed by atoms with Crippen LogP contribution in [0.2, 0.25) is 5.02 Å². The van der Waals surface area contributed by atoms with Crippen LogP contribution in [0.5, 0.6) is 11.5 Å². The fourth-order valence-corrected chi connectivity index (χ4v) is 3.53. The van der Waals surface area contributed by atoms with Gasteiger partial charge in [-0.05, 0) is 23.8 Å². The van der Waals surface area contributed by atoms with Gasteiger partial charge in [-0.15, -0.1) is 0 Å². The Morgan fingerprint density at radius 3 is 2.46 bits per heavy atom. The number of halogens is 1. The molecule has 0 aromatic heterocycles. The summed E-state index contributed by atoms with van der Waals surface area (Å²) in [7, 11) is 0. The van der Waals surface area contributed by atoms with Crippen molar-refractivity contribution in [3.8, 4) is 11.5 Å². The lowest BCUT2D eigenvalue weighted by Gasteiger charge is -2.37. The lowest BCUT2D eigenvalue weighted by molar-refractivity contribution is -0.143. The van der Waals surface area contributed by atoms with Crippen molar-refractivity contribution in [2.45, 2.75) is 12.6 Å². The Balaban J connectivity index is 1.32. The lowest BCUT2D eigenvalue weighted by Crippen LogP contribution is -2.53. The molecule has 2 aliphatic heterocycles. The van der Waals surface area contributed by atoms with Gasteiger partial charge in [0, 0.05) is 37.7 Å². The minimum Gasteiger partial charge on any atom is -0.485 e. The van der Waals surface area contributed by atoms with Crippen molar-refractivity contribution in [2.24, 2.45) is 0 Å². The second-order valence-corrected chi connectivity index (χ2v) is 6.96. The highest BCUT2D eigenvalue weighted by Crippen LogP contribution is 2.31. The first kappa shape index (κ1) is 17.2. The number of piperazine rings is 1. The van der Waals surface area contributed by atoms with Gasteiger partial charge in [0.05, 0.1) is 0 Å². The fraction of sp³-hybridized carbons (Fsp3) is 0.350. The van der Waals surface area contributed by atoms with E-state index in [1.165, 1.54) is 0 Å². The van der Waals surface area contributed by atoms with E-state index in [4.69, 9.17) is 21.1 Å². The minimum absolute atomic E-state index is 0.00287. The van der Waals surface area contributed by atoms with Crippen LogP contribution in [0.3, 0.4) is 0 Å². The van der Waals surface area contributed by atoms with E-state index in [0.29, 0.717) is 24.6 Å². The van der Waals surface area contributed by atoms with Gasteiger partial charge in [0.2, 0.25) is 6.10 Å². The first-order valence-electron chi connectivity index (χ1n) is 8.84. The Kier molecular flexibility index (Phi) is 5.00. The summed E-state index contributed by atoms with van der Waals surface area (Å²) in [4.78, 5) is 16.9. The predicted molar refractivity (Wildman–Crippen MR) is 99.7 cm³/mol. The van der Waals surface area contributed by atoms with Gasteiger partial charge in [-0.3, -0.25) is 9.69 Å². The molecule has 0 saturated carbocycles. The zero-order valence-corrected chi connectivity index (χ0v) is 15.2. The molecule has 1 atom stereocenters. The number of hydrogen-bond acceptors (Lipinski definition) is 4. The van der Waals surface area contributed by atoms with Crippen LogP contribution in [0.1, 0.15) is 5.56 Å². The standard InChI is InChI=1S/C20H21ClN2O3/c21-16-6-2-1-5-15(16)13-22-9-11-23(12-10-22)20(24)19-14-25-17-7-3-4-8-18(17)26-19/h1-8,19H,9-14H2/t19-/m1/s1. The molecule has 1 saturated heterocycles. The molecule has 136 valence electrons. The zero-order chi connectivity index (χ0) is 17.9. The number of carbonyl (C=O) groups excluding carboxylic acids is 1. The molecule has 0 bridgehead atoms. The average Bonchev–Trinajstić information content (AvgIpc) is 2.69. The molecule has 0 aliphatic carbocycles. The molecular weight excluding hydrogens is 352 g/mol. The van der Waals surface area contributed by atoms with Crippen LogP contribution in [0, 0.1) is 0 Å². The molecule has 0 N–H and O–H groups in total. The predicted octanol–water partition coefficient (Wildman–Crippen LogP) is 2.82. The van der Waals surface area contributed by atoms with Crippen LogP contribution in [0.4, 0.5) is 0 Å². The molecule has 4 rings (SSSR count). The average molecular weight is 373 g/mol. The van der Waals surface area contributed by atoms with Gasteiger partial charge in [0.1, 0.15) is 6.61 Å². The number of fused-ring (bicyclic) bond motifs is 1. The molecule has 6 heteroatoms. The highest BCUT2D eigenvalue weighted by Gasteiger charge is 2.32. The number of carbonyl (C=O) groups is 1. The summed E-state index contributed by atoms with van der Waals surface area (Å²) in [5.74, 6) is 1.33. The van der Waals surface area contributed by atoms with Crippen LogP contribution >= 0.6 is 11.6 Å². The molecular formula is C20H21ClN2O3.